The van der Waals surface area contributed by atoms with Crippen molar-refractivity contribution in [3.05, 3.63) is 0 Å². The lowest BCUT2D eigenvalue weighted by Crippen LogP contribution is -2.41. The molecule has 0 aromatic carbocycles. The highest BCUT2D eigenvalue weighted by atomic mass is 127. The van der Waals surface area contributed by atoms with E-state index < -0.39 is 0 Å². The fraction of sp³-hybridized carbons (Fsp3) is 0.950. The van der Waals surface area contributed by atoms with E-state index in [-0.39, 0.29) is 24.0 Å². The second-order valence-electron chi connectivity index (χ2n) is 7.62. The molecule has 27 heavy (non-hydrogen) atoms. The van der Waals surface area contributed by atoms with Gasteiger partial charge in [-0.05, 0) is 52.7 Å². The second kappa shape index (κ2) is 15.8. The van der Waals surface area contributed by atoms with Gasteiger partial charge in [-0.25, -0.2) is 0 Å². The molecule has 1 heterocycles. The smallest absolute Gasteiger partial charge is 0.191 e. The molecule has 1 saturated heterocycles. The third-order valence-electron chi connectivity index (χ3n) is 5.53. The van der Waals surface area contributed by atoms with E-state index in [0.717, 1.165) is 83.9 Å². The standard InChI is InChI=1S/C20H41N5O.HI/c1-3-21-20(23-12-8-14-25-15-17-26-18-16-25)22-11-7-13-24(2)19-9-5-4-6-10-19;/h19H,3-18H2,1-2H3,(H2,21,22,23);1H. The molecule has 7 heteroatoms. The minimum atomic E-state index is 0. The maximum absolute atomic E-state index is 5.40. The number of aliphatic imine (C=N–C) groups is 1. The predicted molar refractivity (Wildman–Crippen MR) is 125 cm³/mol. The molecule has 2 rings (SSSR count). The monoisotopic (exact) mass is 495 g/mol. The van der Waals surface area contributed by atoms with Crippen molar-refractivity contribution in [2.45, 2.75) is 57.9 Å². The van der Waals surface area contributed by atoms with Crippen LogP contribution in [0.3, 0.4) is 0 Å². The average molecular weight is 495 g/mol. The van der Waals surface area contributed by atoms with Crippen molar-refractivity contribution in [2.24, 2.45) is 4.99 Å². The first-order valence-electron chi connectivity index (χ1n) is 10.8. The number of ether oxygens (including phenoxy) is 1. The molecule has 0 unspecified atom stereocenters. The van der Waals surface area contributed by atoms with Crippen LogP contribution in [0.5, 0.6) is 0 Å². The molecule has 0 aromatic heterocycles. The van der Waals surface area contributed by atoms with Gasteiger partial charge in [-0.15, -0.1) is 24.0 Å². The van der Waals surface area contributed by atoms with Crippen LogP contribution in [0.15, 0.2) is 4.99 Å². The van der Waals surface area contributed by atoms with Gasteiger partial charge < -0.3 is 20.3 Å². The first-order valence-corrected chi connectivity index (χ1v) is 10.8. The van der Waals surface area contributed by atoms with Crippen LogP contribution in [0.4, 0.5) is 0 Å². The van der Waals surface area contributed by atoms with Crippen LogP contribution >= 0.6 is 24.0 Å². The first-order chi connectivity index (χ1) is 12.8. The number of hydrogen-bond donors (Lipinski definition) is 2. The third kappa shape index (κ3) is 10.9. The minimum absolute atomic E-state index is 0. The van der Waals surface area contributed by atoms with Crippen LogP contribution in [0.1, 0.15) is 51.9 Å². The summed E-state index contributed by atoms with van der Waals surface area (Å²) in [5.74, 6) is 0.967. The summed E-state index contributed by atoms with van der Waals surface area (Å²) in [6.07, 6.45) is 9.29. The first kappa shape index (κ1) is 24.9. The molecule has 1 aliphatic carbocycles. The maximum Gasteiger partial charge on any atom is 0.191 e. The minimum Gasteiger partial charge on any atom is -0.379 e. The summed E-state index contributed by atoms with van der Waals surface area (Å²) >= 11 is 0. The Balaban J connectivity index is 0.00000364. The fourth-order valence-corrected chi connectivity index (χ4v) is 3.89. The summed E-state index contributed by atoms with van der Waals surface area (Å²) in [6.45, 7) is 11.1. The van der Waals surface area contributed by atoms with Crippen LogP contribution in [-0.4, -0.2) is 87.9 Å². The van der Waals surface area contributed by atoms with E-state index in [9.17, 15) is 0 Å². The molecule has 0 amide bonds. The molecule has 2 fully saturated rings. The summed E-state index contributed by atoms with van der Waals surface area (Å²) < 4.78 is 5.40. The van der Waals surface area contributed by atoms with Crippen molar-refractivity contribution >= 4 is 29.9 Å². The van der Waals surface area contributed by atoms with E-state index in [1.165, 1.54) is 32.1 Å². The Bertz CT molecular complexity index is 385. The van der Waals surface area contributed by atoms with Gasteiger partial charge in [0.15, 0.2) is 5.96 Å². The van der Waals surface area contributed by atoms with Gasteiger partial charge in [0.2, 0.25) is 0 Å². The number of halogens is 1. The maximum atomic E-state index is 5.40. The normalized spacial score (nSPS) is 19.7. The van der Waals surface area contributed by atoms with Crippen molar-refractivity contribution in [3.63, 3.8) is 0 Å². The lowest BCUT2D eigenvalue weighted by atomic mass is 9.94. The second-order valence-corrected chi connectivity index (χ2v) is 7.62. The summed E-state index contributed by atoms with van der Waals surface area (Å²) in [4.78, 5) is 9.78. The van der Waals surface area contributed by atoms with Gasteiger partial charge >= 0.3 is 0 Å². The average Bonchev–Trinajstić information content (AvgIpc) is 2.69. The highest BCUT2D eigenvalue weighted by Gasteiger charge is 2.17. The van der Waals surface area contributed by atoms with Crippen molar-refractivity contribution in [1.82, 2.24) is 20.4 Å². The largest absolute Gasteiger partial charge is 0.379 e. The van der Waals surface area contributed by atoms with Crippen LogP contribution in [0.2, 0.25) is 0 Å². The number of rotatable bonds is 10. The molecule has 6 nitrogen and oxygen atoms in total. The van der Waals surface area contributed by atoms with Gasteiger partial charge in [0, 0.05) is 38.8 Å². The van der Waals surface area contributed by atoms with Gasteiger partial charge in [0.1, 0.15) is 0 Å². The quantitative estimate of drug-likeness (QED) is 0.211. The zero-order valence-electron chi connectivity index (χ0n) is 17.5. The highest BCUT2D eigenvalue weighted by Crippen LogP contribution is 2.21. The van der Waals surface area contributed by atoms with Crippen molar-refractivity contribution in [2.75, 3.05) is 66.1 Å². The van der Waals surface area contributed by atoms with Gasteiger partial charge in [0.05, 0.1) is 13.2 Å². The van der Waals surface area contributed by atoms with Crippen molar-refractivity contribution in [1.29, 1.82) is 0 Å². The van der Waals surface area contributed by atoms with E-state index in [0.29, 0.717) is 0 Å². The van der Waals surface area contributed by atoms with Crippen LogP contribution < -0.4 is 10.6 Å². The van der Waals surface area contributed by atoms with Crippen molar-refractivity contribution in [3.8, 4) is 0 Å². The highest BCUT2D eigenvalue weighted by molar-refractivity contribution is 14.0. The van der Waals surface area contributed by atoms with Gasteiger partial charge in [0.25, 0.3) is 0 Å². The van der Waals surface area contributed by atoms with E-state index in [1.54, 1.807) is 0 Å². The van der Waals surface area contributed by atoms with E-state index in [2.05, 4.69) is 34.4 Å². The van der Waals surface area contributed by atoms with E-state index in [4.69, 9.17) is 9.73 Å². The molecule has 0 spiro atoms. The van der Waals surface area contributed by atoms with Gasteiger partial charge in [-0.3, -0.25) is 9.89 Å². The van der Waals surface area contributed by atoms with E-state index in [1.807, 2.05) is 0 Å². The van der Waals surface area contributed by atoms with Crippen LogP contribution in [-0.2, 0) is 4.74 Å². The Kier molecular flexibility index (Phi) is 14.5. The number of hydrogen-bond acceptors (Lipinski definition) is 4. The molecular formula is C20H42IN5O. The lowest BCUT2D eigenvalue weighted by molar-refractivity contribution is 0.0376. The number of morpholine rings is 1. The molecule has 2 aliphatic rings. The molecule has 1 aliphatic heterocycles. The molecule has 2 N–H and O–H groups in total. The topological polar surface area (TPSA) is 52.1 Å². The summed E-state index contributed by atoms with van der Waals surface area (Å²) in [5, 5.41) is 6.84. The fourth-order valence-electron chi connectivity index (χ4n) is 3.89. The van der Waals surface area contributed by atoms with Gasteiger partial charge in [-0.2, -0.15) is 0 Å². The van der Waals surface area contributed by atoms with Crippen LogP contribution in [0.25, 0.3) is 0 Å². The summed E-state index contributed by atoms with van der Waals surface area (Å²) in [7, 11) is 2.29. The molecule has 0 atom stereocenters. The Hall–Kier alpha value is -0.120. The molecule has 0 bridgehead atoms. The Morgan fingerprint density at radius 3 is 2.56 bits per heavy atom. The molecule has 160 valence electrons. The lowest BCUT2D eigenvalue weighted by Gasteiger charge is -2.31. The van der Waals surface area contributed by atoms with Gasteiger partial charge in [-0.1, -0.05) is 19.3 Å². The number of nitrogens with one attached hydrogen (secondary N) is 2. The summed E-state index contributed by atoms with van der Waals surface area (Å²) in [6, 6.07) is 0.805. The SMILES string of the molecule is CCNC(=NCCCN(C)C1CCCCC1)NCCCN1CCOCC1.I. The molecular weight excluding hydrogens is 453 g/mol. The third-order valence-corrected chi connectivity index (χ3v) is 5.53. The van der Waals surface area contributed by atoms with Crippen LogP contribution in [0, 0.1) is 0 Å². The van der Waals surface area contributed by atoms with Crippen molar-refractivity contribution < 1.29 is 4.74 Å². The van der Waals surface area contributed by atoms with E-state index >= 15 is 0 Å². The number of nitrogens with zero attached hydrogens (tertiary/aromatic N) is 3. The summed E-state index contributed by atoms with van der Waals surface area (Å²) in [5.41, 5.74) is 0. The Morgan fingerprint density at radius 2 is 1.85 bits per heavy atom. The molecule has 0 radical (unpaired) electrons. The zero-order valence-corrected chi connectivity index (χ0v) is 19.9. The Morgan fingerprint density at radius 1 is 1.11 bits per heavy atom. The Labute approximate surface area is 183 Å². The molecule has 1 saturated carbocycles. The number of guanidine groups is 1. The predicted octanol–water partition coefficient (Wildman–Crippen LogP) is 2.54. The molecule has 0 aromatic rings. The zero-order chi connectivity index (χ0) is 18.5.